The van der Waals surface area contributed by atoms with E-state index < -0.39 is 18.0 Å². The molecule has 4 N–H and O–H groups in total. The molecule has 0 bridgehead atoms. The van der Waals surface area contributed by atoms with Crippen molar-refractivity contribution in [3.63, 3.8) is 0 Å². The number of primary amides is 1. The molecule has 0 aliphatic heterocycles. The van der Waals surface area contributed by atoms with E-state index in [1.54, 1.807) is 30.3 Å². The van der Waals surface area contributed by atoms with Crippen molar-refractivity contribution in [3.05, 3.63) is 47.5 Å². The van der Waals surface area contributed by atoms with Gasteiger partial charge in [-0.25, -0.2) is 24.2 Å². The number of nitrogens with one attached hydrogen (secondary N) is 2. The highest BCUT2D eigenvalue weighted by molar-refractivity contribution is 6.34. The minimum Gasteiger partial charge on any atom is -0.497 e. The van der Waals surface area contributed by atoms with E-state index >= 15 is 0 Å². The molecule has 0 spiro atoms. The van der Waals surface area contributed by atoms with E-state index in [1.165, 1.54) is 19.2 Å². The second kappa shape index (κ2) is 10.4. The Hall–Kier alpha value is -4.58. The second-order valence-corrected chi connectivity index (χ2v) is 7.96. The van der Waals surface area contributed by atoms with Gasteiger partial charge in [-0.05, 0) is 37.1 Å². The number of nitrogens with zero attached hydrogens (tertiary/aromatic N) is 1. The fourth-order valence-electron chi connectivity index (χ4n) is 3.05. The molecule has 0 atom stereocenters. The molecule has 4 rings (SSSR count). The average Bonchev–Trinajstić information content (AvgIpc) is 3.63. The highest BCUT2D eigenvalue weighted by atomic mass is 35.5. The maximum Gasteiger partial charge on any atom is 0.426 e. The third-order valence-corrected chi connectivity index (χ3v) is 5.15. The summed E-state index contributed by atoms with van der Waals surface area (Å²) in [7, 11) is 1.46. The summed E-state index contributed by atoms with van der Waals surface area (Å²) in [6, 6.07) is 10.6. The SMILES string of the molecule is COc1ccc2c(Oc3ccc(NC(=O)NC4CC4)c(Cl)c3)cc(OC(=O)C(=O)OC(N)=O)nc2c1. The van der Waals surface area contributed by atoms with Crippen LogP contribution in [0.3, 0.4) is 0 Å². The molecule has 186 valence electrons. The molecular weight excluding hydrogens is 496 g/mol. The molecule has 3 amide bonds. The van der Waals surface area contributed by atoms with Crippen molar-refractivity contribution in [2.24, 2.45) is 5.73 Å². The van der Waals surface area contributed by atoms with E-state index in [0.29, 0.717) is 28.1 Å². The van der Waals surface area contributed by atoms with Crippen LogP contribution in [0.2, 0.25) is 5.02 Å². The number of amides is 3. The number of pyridine rings is 1. The number of fused-ring (bicyclic) bond motifs is 1. The Balaban J connectivity index is 1.60. The van der Waals surface area contributed by atoms with E-state index in [4.69, 9.17) is 31.5 Å². The van der Waals surface area contributed by atoms with Crippen molar-refractivity contribution in [3.8, 4) is 23.1 Å². The number of hydrogen-bond donors (Lipinski definition) is 3. The molecule has 3 aromatic rings. The molecule has 12 nitrogen and oxygen atoms in total. The summed E-state index contributed by atoms with van der Waals surface area (Å²) < 4.78 is 20.1. The lowest BCUT2D eigenvalue weighted by Gasteiger charge is -2.13. The van der Waals surface area contributed by atoms with Gasteiger partial charge in [-0.3, -0.25) is 0 Å². The predicted molar refractivity (Wildman–Crippen MR) is 126 cm³/mol. The molecule has 1 aliphatic carbocycles. The van der Waals surface area contributed by atoms with E-state index in [9.17, 15) is 19.2 Å². The number of hydrogen-bond acceptors (Lipinski definition) is 9. The summed E-state index contributed by atoms with van der Waals surface area (Å²) in [5, 5.41) is 6.20. The van der Waals surface area contributed by atoms with Crippen molar-refractivity contribution in [2.45, 2.75) is 18.9 Å². The van der Waals surface area contributed by atoms with Crippen LogP contribution in [0.1, 0.15) is 12.8 Å². The van der Waals surface area contributed by atoms with E-state index in [0.717, 1.165) is 12.8 Å². The number of ether oxygens (including phenoxy) is 4. The number of carbonyl (C=O) groups excluding carboxylic acids is 4. The molecule has 1 saturated carbocycles. The molecule has 0 unspecified atom stereocenters. The lowest BCUT2D eigenvalue weighted by Crippen LogP contribution is -2.30. The van der Waals surface area contributed by atoms with Crippen LogP contribution in [0.5, 0.6) is 23.1 Å². The maximum atomic E-state index is 12.0. The monoisotopic (exact) mass is 514 g/mol. The topological polar surface area (TPSA) is 168 Å². The van der Waals surface area contributed by atoms with Gasteiger partial charge in [0.15, 0.2) is 0 Å². The lowest BCUT2D eigenvalue weighted by molar-refractivity contribution is -0.158. The van der Waals surface area contributed by atoms with Crippen molar-refractivity contribution in [1.82, 2.24) is 10.3 Å². The summed E-state index contributed by atoms with van der Waals surface area (Å²) in [6.07, 6.45) is 0.434. The second-order valence-electron chi connectivity index (χ2n) is 7.56. The number of halogens is 1. The van der Waals surface area contributed by atoms with Crippen molar-refractivity contribution in [2.75, 3.05) is 12.4 Å². The van der Waals surface area contributed by atoms with Crippen molar-refractivity contribution >= 4 is 52.3 Å². The number of benzene rings is 2. The van der Waals surface area contributed by atoms with Crippen LogP contribution in [0.4, 0.5) is 15.3 Å². The van der Waals surface area contributed by atoms with Gasteiger partial charge in [0.2, 0.25) is 5.88 Å². The highest BCUT2D eigenvalue weighted by Crippen LogP contribution is 2.36. The van der Waals surface area contributed by atoms with Crippen LogP contribution < -0.4 is 30.6 Å². The molecule has 1 aliphatic rings. The summed E-state index contributed by atoms with van der Waals surface area (Å²) in [5.74, 6) is -2.51. The summed E-state index contributed by atoms with van der Waals surface area (Å²) in [4.78, 5) is 50.4. The van der Waals surface area contributed by atoms with Gasteiger partial charge in [-0.2, -0.15) is 0 Å². The first kappa shape index (κ1) is 24.5. The van der Waals surface area contributed by atoms with Crippen molar-refractivity contribution in [1.29, 1.82) is 0 Å². The minimum absolute atomic E-state index is 0.186. The first-order valence-corrected chi connectivity index (χ1v) is 10.9. The van der Waals surface area contributed by atoms with Crippen LogP contribution in [-0.2, 0) is 14.3 Å². The van der Waals surface area contributed by atoms with Gasteiger partial charge < -0.3 is 35.3 Å². The van der Waals surface area contributed by atoms with Gasteiger partial charge in [0, 0.05) is 29.6 Å². The fourth-order valence-corrected chi connectivity index (χ4v) is 3.26. The Morgan fingerprint density at radius 3 is 2.44 bits per heavy atom. The molecule has 0 radical (unpaired) electrons. The first-order valence-electron chi connectivity index (χ1n) is 10.5. The molecule has 13 heteroatoms. The largest absolute Gasteiger partial charge is 0.497 e. The van der Waals surface area contributed by atoms with Gasteiger partial charge in [0.1, 0.15) is 17.2 Å². The van der Waals surface area contributed by atoms with Crippen LogP contribution in [0, 0.1) is 0 Å². The first-order chi connectivity index (χ1) is 17.2. The van der Waals surface area contributed by atoms with E-state index in [-0.39, 0.29) is 28.7 Å². The number of carbonyl (C=O) groups is 4. The van der Waals surface area contributed by atoms with E-state index in [2.05, 4.69) is 20.4 Å². The normalized spacial score (nSPS) is 12.4. The number of esters is 2. The summed E-state index contributed by atoms with van der Waals surface area (Å²) in [5.41, 5.74) is 5.43. The Morgan fingerprint density at radius 2 is 1.78 bits per heavy atom. The van der Waals surface area contributed by atoms with Crippen LogP contribution in [0.15, 0.2) is 42.5 Å². The molecule has 36 heavy (non-hydrogen) atoms. The van der Waals surface area contributed by atoms with Gasteiger partial charge in [0.05, 0.1) is 23.3 Å². The van der Waals surface area contributed by atoms with E-state index in [1.807, 2.05) is 0 Å². The summed E-state index contributed by atoms with van der Waals surface area (Å²) in [6.45, 7) is 0. The Morgan fingerprint density at radius 1 is 1.03 bits per heavy atom. The Bertz CT molecular complexity index is 1380. The third-order valence-electron chi connectivity index (χ3n) is 4.84. The predicted octanol–water partition coefficient (Wildman–Crippen LogP) is 3.50. The molecule has 2 aromatic carbocycles. The quantitative estimate of drug-likeness (QED) is 0.253. The van der Waals surface area contributed by atoms with Gasteiger partial charge in [-0.1, -0.05) is 11.6 Å². The average molecular weight is 515 g/mol. The minimum atomic E-state index is -1.61. The van der Waals surface area contributed by atoms with Crippen LogP contribution in [-0.4, -0.2) is 42.2 Å². The van der Waals surface area contributed by atoms with Gasteiger partial charge in [-0.15, -0.1) is 0 Å². The molecule has 0 saturated heterocycles. The molecule has 1 fully saturated rings. The smallest absolute Gasteiger partial charge is 0.426 e. The zero-order valence-corrected chi connectivity index (χ0v) is 19.5. The summed E-state index contributed by atoms with van der Waals surface area (Å²) >= 11 is 6.32. The molecular formula is C23H19ClN4O8. The highest BCUT2D eigenvalue weighted by Gasteiger charge is 2.24. The number of nitrogens with two attached hydrogens (primary N) is 1. The Kier molecular flexibility index (Phi) is 7.06. The van der Waals surface area contributed by atoms with Crippen LogP contribution >= 0.6 is 11.6 Å². The van der Waals surface area contributed by atoms with Crippen molar-refractivity contribution < 1.29 is 38.1 Å². The Labute approximate surface area is 208 Å². The molecule has 1 aromatic heterocycles. The number of urea groups is 1. The lowest BCUT2D eigenvalue weighted by atomic mass is 10.2. The van der Waals surface area contributed by atoms with Gasteiger partial charge in [0.25, 0.3) is 0 Å². The maximum absolute atomic E-state index is 12.0. The van der Waals surface area contributed by atoms with Gasteiger partial charge >= 0.3 is 24.1 Å². The zero-order chi connectivity index (χ0) is 25.8. The number of anilines is 1. The molecule has 1 heterocycles. The standard InChI is InChI=1S/C23H19ClN4O8/c1-33-12-4-6-14-17(9-12)27-19(35-20(29)21(30)36-22(25)31)10-18(14)34-13-5-7-16(15(24)8-13)28-23(32)26-11-2-3-11/h4-11H,2-3H2,1H3,(H2,25,31)(H2,26,28,32). The van der Waals surface area contributed by atoms with Crippen LogP contribution in [0.25, 0.3) is 10.9 Å². The number of aromatic nitrogens is 1. The fraction of sp³-hybridized carbons (Fsp3) is 0.174. The third kappa shape index (κ3) is 6.10. The number of methoxy groups -OCH3 is 1. The number of rotatable bonds is 6. The zero-order valence-electron chi connectivity index (χ0n) is 18.7.